The van der Waals surface area contributed by atoms with Gasteiger partial charge in [-0.3, -0.25) is 4.79 Å². The third-order valence-electron chi connectivity index (χ3n) is 15.5. The average Bonchev–Trinajstić information content (AvgIpc) is 3.36. The molecule has 0 rings (SSSR count). The Balaban J connectivity index is 3.56. The summed E-state index contributed by atoms with van der Waals surface area (Å²) >= 11 is 0. The molecular weight excluding hydrogens is 863 g/mol. The van der Waals surface area contributed by atoms with Crippen molar-refractivity contribution < 1.29 is 25.2 Å². The Morgan fingerprint density at radius 3 is 0.829 bits per heavy atom. The summed E-state index contributed by atoms with van der Waals surface area (Å²) in [5, 5.41) is 44.2. The second-order valence-electron chi connectivity index (χ2n) is 22.5. The molecule has 0 aliphatic heterocycles. The number of carbonyl (C=O) groups excluding carboxylic acids is 1. The number of amides is 1. The Hall–Kier alpha value is -0.950. The molecule has 0 saturated heterocycles. The number of allylic oxidation sites excluding steroid dienone is 2. The Labute approximate surface area is 438 Å². The molecule has 0 aromatic heterocycles. The molecule has 0 saturated carbocycles. The third kappa shape index (κ3) is 51.9. The van der Waals surface area contributed by atoms with Gasteiger partial charge in [0.25, 0.3) is 0 Å². The zero-order valence-electron chi connectivity index (χ0n) is 47.6. The van der Waals surface area contributed by atoms with E-state index in [9.17, 15) is 25.2 Å². The molecule has 0 aromatic rings. The number of nitrogens with one attached hydrogen (secondary N) is 1. The van der Waals surface area contributed by atoms with Crippen molar-refractivity contribution in [1.82, 2.24) is 5.32 Å². The van der Waals surface area contributed by atoms with Crippen LogP contribution in [0.1, 0.15) is 361 Å². The first-order valence-corrected chi connectivity index (χ1v) is 32.1. The van der Waals surface area contributed by atoms with Crippen LogP contribution in [0.4, 0.5) is 0 Å². The van der Waals surface area contributed by atoms with Gasteiger partial charge in [-0.1, -0.05) is 334 Å². The highest BCUT2D eigenvalue weighted by Crippen LogP contribution is 2.19. The van der Waals surface area contributed by atoms with Crippen molar-refractivity contribution in [3.8, 4) is 0 Å². The lowest BCUT2D eigenvalue weighted by molar-refractivity contribution is -0.132. The molecule has 4 unspecified atom stereocenters. The van der Waals surface area contributed by atoms with E-state index in [1.165, 1.54) is 295 Å². The van der Waals surface area contributed by atoms with E-state index in [0.29, 0.717) is 12.8 Å². The van der Waals surface area contributed by atoms with E-state index in [0.717, 1.165) is 38.5 Å². The van der Waals surface area contributed by atoms with E-state index in [1.54, 1.807) is 0 Å². The first kappa shape index (κ1) is 69.0. The summed E-state index contributed by atoms with van der Waals surface area (Å²) < 4.78 is 0. The summed E-state index contributed by atoms with van der Waals surface area (Å²) in [5.41, 5.74) is 0. The number of unbranched alkanes of at least 4 members (excludes halogenated alkanes) is 49. The molecule has 0 fully saturated rings. The second-order valence-corrected chi connectivity index (χ2v) is 22.5. The number of hydrogen-bond acceptors (Lipinski definition) is 5. The molecule has 0 spiro atoms. The lowest BCUT2D eigenvalue weighted by atomic mass is 9.99. The van der Waals surface area contributed by atoms with Crippen LogP contribution in [-0.2, 0) is 4.79 Å². The quantitative estimate of drug-likeness (QED) is 0.0308. The molecule has 0 aliphatic rings. The number of rotatable bonds is 60. The van der Waals surface area contributed by atoms with Crippen LogP contribution in [0.15, 0.2) is 12.2 Å². The molecule has 6 heteroatoms. The van der Waals surface area contributed by atoms with E-state index in [-0.39, 0.29) is 0 Å². The van der Waals surface area contributed by atoms with Crippen molar-refractivity contribution in [3.05, 3.63) is 12.2 Å². The fourth-order valence-electron chi connectivity index (χ4n) is 10.5. The van der Waals surface area contributed by atoms with E-state index in [4.69, 9.17) is 0 Å². The fourth-order valence-corrected chi connectivity index (χ4v) is 10.5. The van der Waals surface area contributed by atoms with E-state index in [1.807, 2.05) is 0 Å². The third-order valence-corrected chi connectivity index (χ3v) is 15.5. The summed E-state index contributed by atoms with van der Waals surface area (Å²) in [6.45, 7) is 4.11. The van der Waals surface area contributed by atoms with Crippen LogP contribution in [-0.4, -0.2) is 57.3 Å². The highest BCUT2D eigenvalue weighted by Gasteiger charge is 2.28. The molecule has 0 aromatic carbocycles. The van der Waals surface area contributed by atoms with Crippen molar-refractivity contribution >= 4 is 5.91 Å². The first-order chi connectivity index (χ1) is 34.5. The SMILES string of the molecule is CCCCCCCCCCCCCC/C=C\CCCCCCCCCCCCCCCC(O)C(=O)NC(CO)C(O)C(O)CCCCCCCCCCCCCCCCCCCCCCCCCCC. The monoisotopic (exact) mass is 990 g/mol. The predicted molar refractivity (Wildman–Crippen MR) is 307 cm³/mol. The van der Waals surface area contributed by atoms with Gasteiger partial charge in [-0.15, -0.1) is 0 Å². The van der Waals surface area contributed by atoms with Crippen LogP contribution in [0.2, 0.25) is 0 Å². The van der Waals surface area contributed by atoms with E-state index < -0.39 is 36.9 Å². The minimum atomic E-state index is -1.26. The summed E-state index contributed by atoms with van der Waals surface area (Å²) in [4.78, 5) is 12.6. The van der Waals surface area contributed by atoms with Gasteiger partial charge in [-0.2, -0.15) is 0 Å². The lowest BCUT2D eigenvalue weighted by Crippen LogP contribution is -2.53. The highest BCUT2D eigenvalue weighted by atomic mass is 16.3. The molecule has 4 atom stereocenters. The largest absolute Gasteiger partial charge is 0.394 e. The Bertz CT molecular complexity index is 1020. The summed E-state index contributed by atoms with van der Waals surface area (Å²) in [7, 11) is 0. The van der Waals surface area contributed by atoms with Crippen molar-refractivity contribution in [3.63, 3.8) is 0 Å². The molecule has 6 nitrogen and oxygen atoms in total. The van der Waals surface area contributed by atoms with Gasteiger partial charge in [0.05, 0.1) is 18.8 Å². The molecular formula is C64H127NO5. The standard InChI is InChI=1S/C64H127NO5/c1-3-5-7-9-11-13-15-17-19-21-23-25-27-29-30-31-32-34-36-38-40-42-44-46-48-50-52-54-56-58-62(68)64(70)65-60(59-66)63(69)61(67)57-55-53-51-49-47-45-43-41-39-37-35-33-28-26-24-22-20-18-16-14-12-10-8-6-4-2/h29-30,60-63,66-69H,3-28,31-59H2,1-2H3,(H,65,70)/b30-29-. The van der Waals surface area contributed by atoms with Crippen molar-refractivity contribution in [2.45, 2.75) is 385 Å². The average molecular weight is 991 g/mol. The molecule has 70 heavy (non-hydrogen) atoms. The molecule has 0 bridgehead atoms. The van der Waals surface area contributed by atoms with Crippen LogP contribution in [0.3, 0.4) is 0 Å². The maximum Gasteiger partial charge on any atom is 0.249 e. The minimum Gasteiger partial charge on any atom is -0.394 e. The van der Waals surface area contributed by atoms with Gasteiger partial charge in [0.1, 0.15) is 12.2 Å². The van der Waals surface area contributed by atoms with Crippen LogP contribution in [0.25, 0.3) is 0 Å². The molecule has 0 aliphatic carbocycles. The zero-order chi connectivity index (χ0) is 50.9. The minimum absolute atomic E-state index is 0.373. The molecule has 0 radical (unpaired) electrons. The van der Waals surface area contributed by atoms with Crippen LogP contribution >= 0.6 is 0 Å². The number of aliphatic hydroxyl groups is 4. The molecule has 418 valence electrons. The fraction of sp³-hybridized carbons (Fsp3) is 0.953. The second kappa shape index (κ2) is 58.9. The smallest absolute Gasteiger partial charge is 0.249 e. The predicted octanol–water partition coefficient (Wildman–Crippen LogP) is 19.2. The normalized spacial score (nSPS) is 13.6. The first-order valence-electron chi connectivity index (χ1n) is 32.1. The Morgan fingerprint density at radius 2 is 0.571 bits per heavy atom. The Kier molecular flexibility index (Phi) is 58.1. The van der Waals surface area contributed by atoms with Crippen molar-refractivity contribution in [2.24, 2.45) is 0 Å². The van der Waals surface area contributed by atoms with Crippen molar-refractivity contribution in [2.75, 3.05) is 6.61 Å². The van der Waals surface area contributed by atoms with Gasteiger partial charge in [-0.05, 0) is 38.5 Å². The topological polar surface area (TPSA) is 110 Å². The summed E-state index contributed by atoms with van der Waals surface area (Å²) in [6, 6.07) is -0.984. The van der Waals surface area contributed by atoms with Gasteiger partial charge in [0, 0.05) is 0 Å². The lowest BCUT2D eigenvalue weighted by Gasteiger charge is -2.27. The van der Waals surface area contributed by atoms with Gasteiger partial charge in [0.2, 0.25) is 5.91 Å². The molecule has 0 heterocycles. The van der Waals surface area contributed by atoms with Gasteiger partial charge in [-0.25, -0.2) is 0 Å². The molecule has 1 amide bonds. The Morgan fingerprint density at radius 1 is 0.343 bits per heavy atom. The maximum absolute atomic E-state index is 12.6. The van der Waals surface area contributed by atoms with Crippen LogP contribution in [0.5, 0.6) is 0 Å². The maximum atomic E-state index is 12.6. The van der Waals surface area contributed by atoms with Gasteiger partial charge < -0.3 is 25.7 Å². The van der Waals surface area contributed by atoms with E-state index >= 15 is 0 Å². The van der Waals surface area contributed by atoms with Crippen LogP contribution in [0, 0.1) is 0 Å². The summed E-state index contributed by atoms with van der Waals surface area (Å²) in [5.74, 6) is -0.577. The van der Waals surface area contributed by atoms with Crippen LogP contribution < -0.4 is 5.32 Å². The number of aliphatic hydroxyl groups excluding tert-OH is 4. The highest BCUT2D eigenvalue weighted by molar-refractivity contribution is 5.80. The van der Waals surface area contributed by atoms with Gasteiger partial charge >= 0.3 is 0 Å². The zero-order valence-corrected chi connectivity index (χ0v) is 47.6. The number of hydrogen-bond donors (Lipinski definition) is 5. The van der Waals surface area contributed by atoms with Gasteiger partial charge in [0.15, 0.2) is 0 Å². The number of carbonyl (C=O) groups is 1. The van der Waals surface area contributed by atoms with E-state index in [2.05, 4.69) is 31.3 Å². The molecule has 5 N–H and O–H groups in total. The van der Waals surface area contributed by atoms with Crippen molar-refractivity contribution in [1.29, 1.82) is 0 Å². The summed E-state index contributed by atoms with van der Waals surface area (Å²) in [6.07, 6.45) is 71.6.